The first-order valence-corrected chi connectivity index (χ1v) is 10.3. The lowest BCUT2D eigenvalue weighted by molar-refractivity contribution is 0.103. The molecule has 152 valence electrons. The van der Waals surface area contributed by atoms with Gasteiger partial charge in [0.25, 0.3) is 0 Å². The molecule has 2 aromatic heterocycles. The van der Waals surface area contributed by atoms with Gasteiger partial charge in [0.2, 0.25) is 5.78 Å². The third-order valence-corrected chi connectivity index (χ3v) is 5.43. The highest BCUT2D eigenvalue weighted by atomic mass is 16.1. The highest BCUT2D eigenvalue weighted by Crippen LogP contribution is 2.24. The van der Waals surface area contributed by atoms with Gasteiger partial charge in [0.1, 0.15) is 11.5 Å². The zero-order chi connectivity index (χ0) is 20.9. The fraction of sp³-hybridized carbons (Fsp3) is 0.240. The molecule has 1 aromatic carbocycles. The maximum absolute atomic E-state index is 13.3. The van der Waals surface area contributed by atoms with E-state index in [1.807, 2.05) is 50.3 Å². The lowest BCUT2D eigenvalue weighted by Gasteiger charge is -2.35. The van der Waals surface area contributed by atoms with Gasteiger partial charge in [-0.25, -0.2) is 4.98 Å². The number of benzene rings is 1. The predicted molar refractivity (Wildman–Crippen MR) is 121 cm³/mol. The maximum atomic E-state index is 13.3. The van der Waals surface area contributed by atoms with E-state index in [0.29, 0.717) is 17.0 Å². The van der Waals surface area contributed by atoms with Gasteiger partial charge in [0, 0.05) is 48.7 Å². The normalized spacial score (nSPS) is 16.7. The summed E-state index contributed by atoms with van der Waals surface area (Å²) in [5.41, 5.74) is 3.86. The third kappa shape index (κ3) is 4.16. The van der Waals surface area contributed by atoms with Gasteiger partial charge in [0.15, 0.2) is 0 Å². The molecule has 1 atom stereocenters. The van der Waals surface area contributed by atoms with Crippen LogP contribution in [0.5, 0.6) is 0 Å². The van der Waals surface area contributed by atoms with E-state index in [-0.39, 0.29) is 11.8 Å². The molecule has 5 heteroatoms. The molecule has 0 spiro atoms. The van der Waals surface area contributed by atoms with Gasteiger partial charge in [-0.05, 0) is 43.7 Å². The van der Waals surface area contributed by atoms with E-state index in [2.05, 4.69) is 39.5 Å². The highest BCUT2D eigenvalue weighted by molar-refractivity contribution is 6.10. The summed E-state index contributed by atoms with van der Waals surface area (Å²) in [5, 5.41) is 3.58. The first kappa shape index (κ1) is 20.0. The van der Waals surface area contributed by atoms with Gasteiger partial charge in [-0.15, -0.1) is 0 Å². The second-order valence-corrected chi connectivity index (χ2v) is 7.44. The average molecular weight is 399 g/mol. The first-order chi connectivity index (χ1) is 14.7. The van der Waals surface area contributed by atoms with Gasteiger partial charge in [0.05, 0.1) is 0 Å². The second kappa shape index (κ2) is 9.01. The Kier molecular flexibility index (Phi) is 6.00. The number of hydrogen-bond donors (Lipinski definition) is 1. The van der Waals surface area contributed by atoms with E-state index in [0.717, 1.165) is 31.0 Å². The Hall–Kier alpha value is -3.31. The summed E-state index contributed by atoms with van der Waals surface area (Å²) in [5.74, 6) is 0.737. The topological polar surface area (TPSA) is 58.1 Å². The summed E-state index contributed by atoms with van der Waals surface area (Å²) in [6, 6.07) is 18.3. The zero-order valence-electron chi connectivity index (χ0n) is 17.4. The largest absolute Gasteiger partial charge is 0.353 e. The molecule has 0 radical (unpaired) electrons. The number of aryl methyl sites for hydroxylation is 1. The van der Waals surface area contributed by atoms with Crippen molar-refractivity contribution in [2.24, 2.45) is 0 Å². The SMILES string of the molecule is C/C=C\c1ccc(N2CCNC(c3ccccc3)C2)nc1C(=O)c1cccnc1C. The Morgan fingerprint density at radius 3 is 2.73 bits per heavy atom. The van der Waals surface area contributed by atoms with Crippen LogP contribution in [0.3, 0.4) is 0 Å². The monoisotopic (exact) mass is 398 g/mol. The standard InChI is InChI=1S/C25H26N4O/c1-3-8-20-12-13-23(28-24(20)25(30)21-11-7-14-26-18(21)2)29-16-15-27-22(17-29)19-9-5-4-6-10-19/h3-14,22,27H,15-17H2,1-2H3/b8-3-. The summed E-state index contributed by atoms with van der Waals surface area (Å²) >= 11 is 0. The Labute approximate surface area is 177 Å². The lowest BCUT2D eigenvalue weighted by Crippen LogP contribution is -2.46. The van der Waals surface area contributed by atoms with Crippen molar-refractivity contribution in [2.75, 3.05) is 24.5 Å². The minimum Gasteiger partial charge on any atom is -0.353 e. The summed E-state index contributed by atoms with van der Waals surface area (Å²) in [6.45, 7) is 6.31. The van der Waals surface area contributed by atoms with Crippen LogP contribution in [0.1, 0.15) is 45.8 Å². The van der Waals surface area contributed by atoms with E-state index in [1.165, 1.54) is 5.56 Å². The van der Waals surface area contributed by atoms with Crippen molar-refractivity contribution in [3.05, 3.63) is 94.9 Å². The van der Waals surface area contributed by atoms with Crippen LogP contribution in [0.25, 0.3) is 6.08 Å². The molecule has 1 aliphatic rings. The van der Waals surface area contributed by atoms with Crippen LogP contribution in [0.15, 0.2) is 66.9 Å². The minimum atomic E-state index is -0.0923. The number of rotatable bonds is 5. The summed E-state index contributed by atoms with van der Waals surface area (Å²) < 4.78 is 0. The number of nitrogens with zero attached hydrogens (tertiary/aromatic N) is 3. The van der Waals surface area contributed by atoms with Crippen molar-refractivity contribution in [2.45, 2.75) is 19.9 Å². The van der Waals surface area contributed by atoms with Crippen molar-refractivity contribution in [1.82, 2.24) is 15.3 Å². The Balaban J connectivity index is 1.67. The van der Waals surface area contributed by atoms with Crippen LogP contribution in [0.2, 0.25) is 0 Å². The molecule has 1 aliphatic heterocycles. The number of nitrogens with one attached hydrogen (secondary N) is 1. The fourth-order valence-corrected chi connectivity index (χ4v) is 3.85. The number of carbonyl (C=O) groups excluding carboxylic acids is 1. The molecule has 5 nitrogen and oxygen atoms in total. The Bertz CT molecular complexity index is 1060. The lowest BCUT2D eigenvalue weighted by atomic mass is 10.0. The number of allylic oxidation sites excluding steroid dienone is 1. The predicted octanol–water partition coefficient (Wildman–Crippen LogP) is 4.20. The average Bonchev–Trinajstić information content (AvgIpc) is 2.80. The van der Waals surface area contributed by atoms with E-state index >= 15 is 0 Å². The highest BCUT2D eigenvalue weighted by Gasteiger charge is 2.24. The van der Waals surface area contributed by atoms with Crippen LogP contribution >= 0.6 is 0 Å². The maximum Gasteiger partial charge on any atom is 0.213 e. The molecule has 30 heavy (non-hydrogen) atoms. The molecule has 0 bridgehead atoms. The van der Waals surface area contributed by atoms with Crippen LogP contribution < -0.4 is 10.2 Å². The minimum absolute atomic E-state index is 0.0923. The van der Waals surface area contributed by atoms with Gasteiger partial charge >= 0.3 is 0 Å². The molecule has 3 aromatic rings. The molecule has 1 unspecified atom stereocenters. The number of ketones is 1. The summed E-state index contributed by atoms with van der Waals surface area (Å²) in [6.07, 6.45) is 5.56. The molecule has 1 N–H and O–H groups in total. The first-order valence-electron chi connectivity index (χ1n) is 10.3. The summed E-state index contributed by atoms with van der Waals surface area (Å²) in [4.78, 5) is 24.7. The molecule has 0 saturated carbocycles. The third-order valence-electron chi connectivity index (χ3n) is 5.43. The molecular formula is C25H26N4O. The molecule has 4 rings (SSSR count). The second-order valence-electron chi connectivity index (χ2n) is 7.44. The number of pyridine rings is 2. The molecule has 0 amide bonds. The van der Waals surface area contributed by atoms with E-state index in [1.54, 1.807) is 12.3 Å². The van der Waals surface area contributed by atoms with Gasteiger partial charge in [-0.1, -0.05) is 42.5 Å². The smallest absolute Gasteiger partial charge is 0.213 e. The van der Waals surface area contributed by atoms with Gasteiger partial charge < -0.3 is 10.2 Å². The van der Waals surface area contributed by atoms with Crippen molar-refractivity contribution in [1.29, 1.82) is 0 Å². The van der Waals surface area contributed by atoms with Crippen molar-refractivity contribution >= 4 is 17.7 Å². The van der Waals surface area contributed by atoms with E-state index < -0.39 is 0 Å². The molecular weight excluding hydrogens is 372 g/mol. The number of piperazine rings is 1. The van der Waals surface area contributed by atoms with E-state index in [9.17, 15) is 4.79 Å². The van der Waals surface area contributed by atoms with Crippen molar-refractivity contribution < 1.29 is 4.79 Å². The number of hydrogen-bond acceptors (Lipinski definition) is 5. The van der Waals surface area contributed by atoms with Crippen LogP contribution in [0, 0.1) is 6.92 Å². The zero-order valence-corrected chi connectivity index (χ0v) is 17.4. The Morgan fingerprint density at radius 1 is 1.13 bits per heavy atom. The number of aromatic nitrogens is 2. The van der Waals surface area contributed by atoms with Gasteiger partial charge in [-0.3, -0.25) is 9.78 Å². The van der Waals surface area contributed by atoms with Crippen LogP contribution in [-0.2, 0) is 0 Å². The quantitative estimate of drug-likeness (QED) is 0.653. The molecule has 1 fully saturated rings. The van der Waals surface area contributed by atoms with Crippen LogP contribution in [0.4, 0.5) is 5.82 Å². The number of anilines is 1. The summed E-state index contributed by atoms with van der Waals surface area (Å²) in [7, 11) is 0. The van der Waals surface area contributed by atoms with Crippen molar-refractivity contribution in [3.63, 3.8) is 0 Å². The molecule has 0 aliphatic carbocycles. The fourth-order valence-electron chi connectivity index (χ4n) is 3.85. The van der Waals surface area contributed by atoms with Crippen molar-refractivity contribution in [3.8, 4) is 0 Å². The van der Waals surface area contributed by atoms with E-state index in [4.69, 9.17) is 4.98 Å². The Morgan fingerprint density at radius 2 is 1.97 bits per heavy atom. The van der Waals surface area contributed by atoms with Crippen LogP contribution in [-0.4, -0.2) is 35.4 Å². The molecule has 3 heterocycles. The van der Waals surface area contributed by atoms with Gasteiger partial charge in [-0.2, -0.15) is 0 Å². The number of carbonyl (C=O) groups is 1. The molecule has 1 saturated heterocycles.